The van der Waals surface area contributed by atoms with Crippen LogP contribution in [0.5, 0.6) is 0 Å². The van der Waals surface area contributed by atoms with Crippen molar-refractivity contribution in [2.45, 2.75) is 120 Å². The van der Waals surface area contributed by atoms with Crippen LogP contribution in [0.2, 0.25) is 0 Å². The van der Waals surface area contributed by atoms with E-state index in [0.717, 1.165) is 16.3 Å². The van der Waals surface area contributed by atoms with Crippen LogP contribution >= 0.6 is 23.5 Å². The lowest BCUT2D eigenvalue weighted by Crippen LogP contribution is -2.19. The first-order chi connectivity index (χ1) is 14.8. The van der Waals surface area contributed by atoms with Crippen LogP contribution in [0, 0.1) is 0 Å². The largest absolute Gasteiger partial charge is 0.465 e. The molecule has 0 aliphatic rings. The van der Waals surface area contributed by atoms with Gasteiger partial charge in [0.2, 0.25) is 0 Å². The minimum atomic E-state index is 0.864. The lowest BCUT2D eigenvalue weighted by atomic mass is 10.0. The van der Waals surface area contributed by atoms with E-state index in [4.69, 9.17) is 4.42 Å². The maximum Gasteiger partial charge on any atom is 0.126 e. The van der Waals surface area contributed by atoms with Gasteiger partial charge in [0.25, 0.3) is 0 Å². The summed E-state index contributed by atoms with van der Waals surface area (Å²) in [6.45, 7) is 2.31. The Morgan fingerprint density at radius 3 is 1.80 bits per heavy atom. The van der Waals surface area contributed by atoms with Gasteiger partial charge in [-0.2, -0.15) is 23.5 Å². The molecule has 2 atom stereocenters. The fraction of sp³-hybridized carbons (Fsp3) is 0.778. The first kappa shape index (κ1) is 27.8. The molecule has 174 valence electrons. The van der Waals surface area contributed by atoms with Crippen LogP contribution in [0.25, 0.3) is 6.08 Å². The van der Waals surface area contributed by atoms with Crippen molar-refractivity contribution in [3.05, 3.63) is 30.2 Å². The highest BCUT2D eigenvalue weighted by Gasteiger charge is 2.18. The second-order valence-electron chi connectivity index (χ2n) is 8.57. The molecule has 1 heterocycles. The van der Waals surface area contributed by atoms with E-state index in [2.05, 4.69) is 55.1 Å². The summed E-state index contributed by atoms with van der Waals surface area (Å²) in [6, 6.07) is 3.95. The van der Waals surface area contributed by atoms with Gasteiger partial charge in [-0.25, -0.2) is 0 Å². The first-order valence-electron chi connectivity index (χ1n) is 12.6. The fourth-order valence-corrected chi connectivity index (χ4v) is 6.46. The van der Waals surface area contributed by atoms with Gasteiger partial charge in [0, 0.05) is 10.5 Å². The zero-order valence-electron chi connectivity index (χ0n) is 20.1. The van der Waals surface area contributed by atoms with Gasteiger partial charge >= 0.3 is 0 Å². The highest BCUT2D eigenvalue weighted by molar-refractivity contribution is 8.03. The zero-order valence-corrected chi connectivity index (χ0v) is 21.7. The number of hydrogen-bond acceptors (Lipinski definition) is 3. The van der Waals surface area contributed by atoms with Gasteiger partial charge in [-0.05, 0) is 56.4 Å². The Morgan fingerprint density at radius 2 is 1.30 bits per heavy atom. The molecule has 0 N–H and O–H groups in total. The molecule has 1 aromatic rings. The lowest BCUT2D eigenvalue weighted by Gasteiger charge is -2.24. The molecule has 0 amide bonds. The van der Waals surface area contributed by atoms with Crippen molar-refractivity contribution in [3.8, 4) is 0 Å². The molecular formula is C27H48OS2. The third-order valence-corrected chi connectivity index (χ3v) is 8.56. The van der Waals surface area contributed by atoms with Crippen LogP contribution in [0.4, 0.5) is 0 Å². The molecule has 3 heteroatoms. The first-order valence-corrected chi connectivity index (χ1v) is 15.1. The van der Waals surface area contributed by atoms with Crippen LogP contribution in [0.1, 0.15) is 115 Å². The topological polar surface area (TPSA) is 13.1 Å². The van der Waals surface area contributed by atoms with Crippen molar-refractivity contribution < 1.29 is 4.42 Å². The van der Waals surface area contributed by atoms with Crippen molar-refractivity contribution in [2.75, 3.05) is 12.5 Å². The van der Waals surface area contributed by atoms with Crippen molar-refractivity contribution in [1.82, 2.24) is 0 Å². The van der Waals surface area contributed by atoms with E-state index in [-0.39, 0.29) is 0 Å². The van der Waals surface area contributed by atoms with Crippen LogP contribution in [0.15, 0.2) is 28.9 Å². The molecule has 1 aromatic heterocycles. The summed E-state index contributed by atoms with van der Waals surface area (Å²) in [5, 5.41) is 1.73. The molecule has 0 saturated carbocycles. The lowest BCUT2D eigenvalue weighted by molar-refractivity contribution is 0.537. The number of furan rings is 1. The molecule has 1 nitrogen and oxygen atoms in total. The SMILES string of the molecule is CCCCCCC(SC)C(CCCCCCCCCCC/C=C/c1ccco1)SC. The van der Waals surface area contributed by atoms with Crippen LogP contribution in [-0.2, 0) is 0 Å². The van der Waals surface area contributed by atoms with Gasteiger partial charge in [-0.1, -0.05) is 90.0 Å². The highest BCUT2D eigenvalue weighted by Crippen LogP contribution is 2.30. The van der Waals surface area contributed by atoms with E-state index in [9.17, 15) is 0 Å². The van der Waals surface area contributed by atoms with E-state index in [1.54, 1.807) is 6.26 Å². The molecule has 0 spiro atoms. The van der Waals surface area contributed by atoms with E-state index >= 15 is 0 Å². The Bertz CT molecular complexity index is 483. The minimum Gasteiger partial charge on any atom is -0.465 e. The Morgan fingerprint density at radius 1 is 0.767 bits per heavy atom. The monoisotopic (exact) mass is 452 g/mol. The van der Waals surface area contributed by atoms with E-state index in [0.29, 0.717) is 0 Å². The van der Waals surface area contributed by atoms with E-state index < -0.39 is 0 Å². The second kappa shape index (κ2) is 20.6. The third-order valence-electron chi connectivity index (χ3n) is 6.05. The predicted molar refractivity (Wildman–Crippen MR) is 142 cm³/mol. The standard InChI is InChI=1S/C27H48OS2/c1-4-5-6-17-22-26(29-2)27(30-3)23-18-15-13-11-9-7-8-10-12-14-16-20-25-21-19-24-28-25/h16,19-21,24,26-27H,4-15,17-18,22-23H2,1-3H3/b20-16+. The molecule has 1 rings (SSSR count). The summed E-state index contributed by atoms with van der Waals surface area (Å²) in [4.78, 5) is 0. The molecule has 0 radical (unpaired) electrons. The number of unbranched alkanes of at least 4 members (excludes halogenated alkanes) is 12. The smallest absolute Gasteiger partial charge is 0.126 e. The van der Waals surface area contributed by atoms with Crippen molar-refractivity contribution in [3.63, 3.8) is 0 Å². The predicted octanol–water partition coefficient (Wildman–Crippen LogP) is 10.0. The molecule has 0 saturated heterocycles. The maximum atomic E-state index is 5.30. The van der Waals surface area contributed by atoms with E-state index in [1.165, 1.54) is 103 Å². The molecule has 2 unspecified atom stereocenters. The molecule has 0 fully saturated rings. The van der Waals surface area contributed by atoms with Crippen LogP contribution in [-0.4, -0.2) is 23.0 Å². The summed E-state index contributed by atoms with van der Waals surface area (Å²) in [5.41, 5.74) is 0. The summed E-state index contributed by atoms with van der Waals surface area (Å²) in [6.07, 6.45) is 33.0. The number of hydrogen-bond donors (Lipinski definition) is 0. The summed E-state index contributed by atoms with van der Waals surface area (Å²) in [5.74, 6) is 0.967. The van der Waals surface area contributed by atoms with Gasteiger partial charge in [0.05, 0.1) is 6.26 Å². The third kappa shape index (κ3) is 14.7. The van der Waals surface area contributed by atoms with Crippen molar-refractivity contribution >= 4 is 29.6 Å². The highest BCUT2D eigenvalue weighted by atomic mass is 32.2. The quantitative estimate of drug-likeness (QED) is 0.172. The molecular weight excluding hydrogens is 404 g/mol. The zero-order chi connectivity index (χ0) is 21.7. The number of allylic oxidation sites excluding steroid dienone is 1. The molecule has 0 aliphatic carbocycles. The average Bonchev–Trinajstić information content (AvgIpc) is 3.28. The van der Waals surface area contributed by atoms with Gasteiger partial charge < -0.3 is 4.42 Å². The number of thioether (sulfide) groups is 2. The minimum absolute atomic E-state index is 0.864. The average molecular weight is 453 g/mol. The van der Waals surface area contributed by atoms with Gasteiger partial charge in [-0.15, -0.1) is 0 Å². The normalized spacial score (nSPS) is 13.8. The maximum absolute atomic E-state index is 5.30. The summed E-state index contributed by atoms with van der Waals surface area (Å²) in [7, 11) is 0. The number of rotatable bonds is 21. The van der Waals surface area contributed by atoms with Gasteiger partial charge in [-0.3, -0.25) is 0 Å². The van der Waals surface area contributed by atoms with Crippen molar-refractivity contribution in [1.29, 1.82) is 0 Å². The Hall–Kier alpha value is -0.280. The van der Waals surface area contributed by atoms with Gasteiger partial charge in [0.1, 0.15) is 5.76 Å². The molecule has 30 heavy (non-hydrogen) atoms. The Balaban J connectivity index is 1.92. The molecule has 0 aliphatic heterocycles. The fourth-order valence-electron chi connectivity index (χ4n) is 4.11. The van der Waals surface area contributed by atoms with E-state index in [1.807, 2.05) is 12.1 Å². The van der Waals surface area contributed by atoms with Gasteiger partial charge in [0.15, 0.2) is 0 Å². The van der Waals surface area contributed by atoms with Crippen molar-refractivity contribution in [2.24, 2.45) is 0 Å². The summed E-state index contributed by atoms with van der Waals surface area (Å²) >= 11 is 4.23. The Kier molecular flexibility index (Phi) is 19.1. The van der Waals surface area contributed by atoms with Crippen LogP contribution in [0.3, 0.4) is 0 Å². The molecule has 0 aromatic carbocycles. The Labute approximate surface area is 196 Å². The summed E-state index contributed by atoms with van der Waals surface area (Å²) < 4.78 is 5.30. The molecule has 0 bridgehead atoms. The second-order valence-corrected chi connectivity index (χ2v) is 10.7. The van der Waals surface area contributed by atoms with Crippen LogP contribution < -0.4 is 0 Å².